The first-order valence-electron chi connectivity index (χ1n) is 9.79. The van der Waals surface area contributed by atoms with Crippen LogP contribution in [0.5, 0.6) is 5.75 Å². The lowest BCUT2D eigenvalue weighted by Gasteiger charge is -2.21. The van der Waals surface area contributed by atoms with Crippen molar-refractivity contribution >= 4 is 28.5 Å². The first-order chi connectivity index (χ1) is 15.1. The van der Waals surface area contributed by atoms with Gasteiger partial charge < -0.3 is 23.8 Å². The molecule has 0 radical (unpaired) electrons. The molecular weight excluding hydrogens is 396 g/mol. The minimum atomic E-state index is -0.389. The Bertz CT molecular complexity index is 1210. The Kier molecular flexibility index (Phi) is 5.75. The fourth-order valence-corrected chi connectivity index (χ4v) is 3.42. The lowest BCUT2D eigenvalue weighted by atomic mass is 10.1. The van der Waals surface area contributed by atoms with Gasteiger partial charge in [0, 0.05) is 10.9 Å². The summed E-state index contributed by atoms with van der Waals surface area (Å²) < 4.78 is 16.5. The Morgan fingerprint density at radius 2 is 1.81 bits per heavy atom. The molecule has 0 aliphatic heterocycles. The SMILES string of the molecule is COc1ccccc1NC(=O)CN(Cc1ccco1)C(=O)c1oc2ccccc2c1C. The van der Waals surface area contributed by atoms with Crippen LogP contribution in [0.15, 0.2) is 75.8 Å². The molecule has 7 heteroatoms. The molecule has 0 atom stereocenters. The van der Waals surface area contributed by atoms with Crippen LogP contribution in [0.2, 0.25) is 0 Å². The molecule has 0 aliphatic rings. The molecule has 0 spiro atoms. The molecule has 4 rings (SSSR count). The summed E-state index contributed by atoms with van der Waals surface area (Å²) in [6, 6.07) is 18.0. The number of fused-ring (bicyclic) bond motifs is 1. The van der Waals surface area contributed by atoms with Gasteiger partial charge in [-0.1, -0.05) is 30.3 Å². The Morgan fingerprint density at radius 3 is 2.55 bits per heavy atom. The van der Waals surface area contributed by atoms with Crippen molar-refractivity contribution in [3.05, 3.63) is 84.0 Å². The number of carbonyl (C=O) groups is 2. The van der Waals surface area contributed by atoms with E-state index in [1.54, 1.807) is 30.3 Å². The van der Waals surface area contributed by atoms with Crippen LogP contribution in [-0.2, 0) is 11.3 Å². The van der Waals surface area contributed by atoms with Crippen LogP contribution in [0, 0.1) is 6.92 Å². The maximum absolute atomic E-state index is 13.4. The van der Waals surface area contributed by atoms with Gasteiger partial charge >= 0.3 is 0 Å². The van der Waals surface area contributed by atoms with Crippen LogP contribution in [0.4, 0.5) is 5.69 Å². The second-order valence-electron chi connectivity index (χ2n) is 7.04. The van der Waals surface area contributed by atoms with Crippen molar-refractivity contribution in [2.75, 3.05) is 19.0 Å². The normalized spacial score (nSPS) is 10.8. The second-order valence-corrected chi connectivity index (χ2v) is 7.04. The lowest BCUT2D eigenvalue weighted by molar-refractivity contribution is -0.117. The first kappa shape index (κ1) is 20.3. The number of furan rings is 2. The monoisotopic (exact) mass is 418 g/mol. The van der Waals surface area contributed by atoms with E-state index in [1.165, 1.54) is 18.3 Å². The number of ether oxygens (including phenoxy) is 1. The van der Waals surface area contributed by atoms with Gasteiger partial charge in [-0.05, 0) is 37.3 Å². The molecular formula is C24H22N2O5. The largest absolute Gasteiger partial charge is 0.495 e. The van der Waals surface area contributed by atoms with Gasteiger partial charge in [0.15, 0.2) is 5.76 Å². The van der Waals surface area contributed by atoms with Gasteiger partial charge in [-0.25, -0.2) is 0 Å². The lowest BCUT2D eigenvalue weighted by Crippen LogP contribution is -2.37. The van der Waals surface area contributed by atoms with E-state index in [4.69, 9.17) is 13.6 Å². The molecule has 0 unspecified atom stereocenters. The molecule has 0 fully saturated rings. The number of carbonyl (C=O) groups excluding carboxylic acids is 2. The third-order valence-electron chi connectivity index (χ3n) is 4.97. The quantitative estimate of drug-likeness (QED) is 0.473. The van der Waals surface area contributed by atoms with Crippen molar-refractivity contribution in [3.8, 4) is 5.75 Å². The predicted octanol–water partition coefficient (Wildman–Crippen LogP) is 4.62. The number of anilines is 1. The molecule has 7 nitrogen and oxygen atoms in total. The predicted molar refractivity (Wildman–Crippen MR) is 116 cm³/mol. The summed E-state index contributed by atoms with van der Waals surface area (Å²) in [5.74, 6) is 0.552. The van der Waals surface area contributed by atoms with Gasteiger partial charge in [0.1, 0.15) is 23.6 Å². The van der Waals surface area contributed by atoms with Crippen LogP contribution in [0.25, 0.3) is 11.0 Å². The maximum Gasteiger partial charge on any atom is 0.290 e. The molecule has 1 N–H and O–H groups in total. The van der Waals surface area contributed by atoms with Gasteiger partial charge in [0.2, 0.25) is 5.91 Å². The Hall–Kier alpha value is -4.00. The summed E-state index contributed by atoms with van der Waals surface area (Å²) in [4.78, 5) is 27.5. The maximum atomic E-state index is 13.4. The smallest absolute Gasteiger partial charge is 0.290 e. The molecule has 31 heavy (non-hydrogen) atoms. The average molecular weight is 418 g/mol. The number of para-hydroxylation sites is 3. The van der Waals surface area contributed by atoms with Gasteiger partial charge in [0.05, 0.1) is 25.6 Å². The van der Waals surface area contributed by atoms with Crippen molar-refractivity contribution in [2.45, 2.75) is 13.5 Å². The molecule has 158 valence electrons. The van der Waals surface area contributed by atoms with Crippen LogP contribution in [0.1, 0.15) is 21.9 Å². The summed E-state index contributed by atoms with van der Waals surface area (Å²) in [5, 5.41) is 3.66. The van der Waals surface area contributed by atoms with E-state index in [0.29, 0.717) is 22.8 Å². The van der Waals surface area contributed by atoms with Gasteiger partial charge in [0.25, 0.3) is 5.91 Å². The van der Waals surface area contributed by atoms with Crippen molar-refractivity contribution in [2.24, 2.45) is 0 Å². The Morgan fingerprint density at radius 1 is 1.03 bits per heavy atom. The first-order valence-corrected chi connectivity index (χ1v) is 9.79. The van der Waals surface area contributed by atoms with Crippen LogP contribution in [-0.4, -0.2) is 30.4 Å². The number of benzene rings is 2. The highest BCUT2D eigenvalue weighted by Crippen LogP contribution is 2.27. The number of methoxy groups -OCH3 is 1. The zero-order chi connectivity index (χ0) is 21.8. The second kappa shape index (κ2) is 8.79. The summed E-state index contributed by atoms with van der Waals surface area (Å²) in [7, 11) is 1.53. The molecule has 0 saturated carbocycles. The molecule has 2 aromatic heterocycles. The zero-order valence-corrected chi connectivity index (χ0v) is 17.3. The Labute approximate surface area is 179 Å². The number of hydrogen-bond donors (Lipinski definition) is 1. The van der Waals surface area contributed by atoms with E-state index in [0.717, 1.165) is 10.9 Å². The molecule has 0 aliphatic carbocycles. The molecule has 2 heterocycles. The summed E-state index contributed by atoms with van der Waals surface area (Å²) in [5.41, 5.74) is 1.88. The standard InChI is InChI=1S/C24H22N2O5/c1-16-18-9-3-5-11-20(18)31-23(16)24(28)26(14-17-8-7-13-30-17)15-22(27)25-19-10-4-6-12-21(19)29-2/h3-13H,14-15H2,1-2H3,(H,25,27). The zero-order valence-electron chi connectivity index (χ0n) is 17.3. The summed E-state index contributed by atoms with van der Waals surface area (Å²) >= 11 is 0. The van der Waals surface area contributed by atoms with E-state index < -0.39 is 0 Å². The van der Waals surface area contributed by atoms with Crippen LogP contribution >= 0.6 is 0 Å². The number of amides is 2. The molecule has 2 amide bonds. The summed E-state index contributed by atoms with van der Waals surface area (Å²) in [6.07, 6.45) is 1.53. The Balaban J connectivity index is 1.60. The minimum Gasteiger partial charge on any atom is -0.495 e. The third kappa shape index (κ3) is 4.30. The van der Waals surface area contributed by atoms with Crippen molar-refractivity contribution in [3.63, 3.8) is 0 Å². The fourth-order valence-electron chi connectivity index (χ4n) is 3.42. The van der Waals surface area contributed by atoms with Crippen molar-refractivity contribution in [1.82, 2.24) is 4.90 Å². The molecule has 0 saturated heterocycles. The number of nitrogens with zero attached hydrogens (tertiary/aromatic N) is 1. The van der Waals surface area contributed by atoms with Crippen molar-refractivity contribution in [1.29, 1.82) is 0 Å². The highest BCUT2D eigenvalue weighted by atomic mass is 16.5. The number of aryl methyl sites for hydroxylation is 1. The molecule has 4 aromatic rings. The van der Waals surface area contributed by atoms with Crippen LogP contribution in [0.3, 0.4) is 0 Å². The fraction of sp³-hybridized carbons (Fsp3) is 0.167. The highest BCUT2D eigenvalue weighted by molar-refractivity contribution is 6.02. The molecule has 0 bridgehead atoms. The highest BCUT2D eigenvalue weighted by Gasteiger charge is 2.26. The van der Waals surface area contributed by atoms with E-state index in [-0.39, 0.29) is 30.7 Å². The topological polar surface area (TPSA) is 84.9 Å². The van der Waals surface area contributed by atoms with Gasteiger partial charge in [-0.15, -0.1) is 0 Å². The van der Waals surface area contributed by atoms with E-state index in [9.17, 15) is 9.59 Å². The number of hydrogen-bond acceptors (Lipinski definition) is 5. The third-order valence-corrected chi connectivity index (χ3v) is 4.97. The van der Waals surface area contributed by atoms with E-state index in [2.05, 4.69) is 5.32 Å². The number of rotatable bonds is 7. The van der Waals surface area contributed by atoms with E-state index >= 15 is 0 Å². The average Bonchev–Trinajstić information content (AvgIpc) is 3.41. The van der Waals surface area contributed by atoms with Crippen LogP contribution < -0.4 is 10.1 Å². The van der Waals surface area contributed by atoms with Gasteiger partial charge in [-0.3, -0.25) is 9.59 Å². The summed E-state index contributed by atoms with van der Waals surface area (Å²) in [6.45, 7) is 1.77. The van der Waals surface area contributed by atoms with Crippen molar-refractivity contribution < 1.29 is 23.2 Å². The number of nitrogens with one attached hydrogen (secondary N) is 1. The molecule has 2 aromatic carbocycles. The van der Waals surface area contributed by atoms with Gasteiger partial charge in [-0.2, -0.15) is 0 Å². The van der Waals surface area contributed by atoms with E-state index in [1.807, 2.05) is 37.3 Å². The minimum absolute atomic E-state index is 0.127.